The SMILES string of the molecule is CCOc1ccc(C(=O)NNC(=O)CCCN2C(=O)c3ccccc3C2=O)cc1. The predicted molar refractivity (Wildman–Crippen MR) is 104 cm³/mol. The van der Waals surface area contributed by atoms with Crippen LogP contribution in [0.1, 0.15) is 50.8 Å². The number of carbonyl (C=O) groups excluding carboxylic acids is 4. The zero-order valence-corrected chi connectivity index (χ0v) is 15.9. The lowest BCUT2D eigenvalue weighted by Gasteiger charge is -2.13. The number of nitrogens with one attached hydrogen (secondary N) is 2. The Morgan fingerprint density at radius 1 is 0.931 bits per heavy atom. The molecule has 0 atom stereocenters. The van der Waals surface area contributed by atoms with Crippen LogP contribution in [0.2, 0.25) is 0 Å². The number of rotatable bonds is 7. The van der Waals surface area contributed by atoms with E-state index in [0.29, 0.717) is 29.0 Å². The highest BCUT2D eigenvalue weighted by Crippen LogP contribution is 2.22. The molecule has 2 aromatic carbocycles. The summed E-state index contributed by atoms with van der Waals surface area (Å²) in [5.41, 5.74) is 5.79. The molecule has 0 bridgehead atoms. The molecule has 0 radical (unpaired) electrons. The fourth-order valence-electron chi connectivity index (χ4n) is 2.97. The highest BCUT2D eigenvalue weighted by atomic mass is 16.5. The summed E-state index contributed by atoms with van der Waals surface area (Å²) in [7, 11) is 0. The van der Waals surface area contributed by atoms with Crippen LogP contribution in [-0.4, -0.2) is 41.7 Å². The third-order valence-corrected chi connectivity index (χ3v) is 4.41. The number of hydrazine groups is 1. The number of nitrogens with zero attached hydrogens (tertiary/aromatic N) is 1. The Bertz CT molecular complexity index is 905. The second-order valence-electron chi connectivity index (χ2n) is 6.37. The van der Waals surface area contributed by atoms with Gasteiger partial charge in [-0.25, -0.2) is 0 Å². The van der Waals surface area contributed by atoms with Gasteiger partial charge in [-0.2, -0.15) is 0 Å². The molecule has 150 valence electrons. The Balaban J connectivity index is 1.42. The van der Waals surface area contributed by atoms with Crippen molar-refractivity contribution < 1.29 is 23.9 Å². The van der Waals surface area contributed by atoms with E-state index in [0.717, 1.165) is 4.90 Å². The molecule has 0 spiro atoms. The van der Waals surface area contributed by atoms with Gasteiger partial charge in [0.2, 0.25) is 5.91 Å². The predicted octanol–water partition coefficient (Wildman–Crippen LogP) is 1.92. The van der Waals surface area contributed by atoms with Gasteiger partial charge >= 0.3 is 0 Å². The van der Waals surface area contributed by atoms with E-state index in [1.165, 1.54) is 0 Å². The normalized spacial score (nSPS) is 12.5. The molecule has 0 fully saturated rings. The number of hydrogen-bond acceptors (Lipinski definition) is 5. The van der Waals surface area contributed by atoms with Crippen LogP contribution in [0.3, 0.4) is 0 Å². The minimum absolute atomic E-state index is 0.0525. The Hall–Kier alpha value is -3.68. The summed E-state index contributed by atoms with van der Waals surface area (Å²) in [4.78, 5) is 49.6. The van der Waals surface area contributed by atoms with E-state index in [1.807, 2.05) is 6.92 Å². The van der Waals surface area contributed by atoms with Gasteiger partial charge in [0.1, 0.15) is 5.75 Å². The van der Waals surface area contributed by atoms with E-state index in [9.17, 15) is 19.2 Å². The zero-order chi connectivity index (χ0) is 20.8. The van der Waals surface area contributed by atoms with Gasteiger partial charge in [-0.3, -0.25) is 34.9 Å². The van der Waals surface area contributed by atoms with Crippen LogP contribution >= 0.6 is 0 Å². The molecule has 1 heterocycles. The van der Waals surface area contributed by atoms with Crippen LogP contribution in [0, 0.1) is 0 Å². The van der Waals surface area contributed by atoms with E-state index in [-0.39, 0.29) is 31.2 Å². The molecular weight excluding hydrogens is 374 g/mol. The molecule has 0 saturated heterocycles. The molecule has 29 heavy (non-hydrogen) atoms. The Morgan fingerprint density at radius 3 is 2.14 bits per heavy atom. The first kappa shape index (κ1) is 20.1. The topological polar surface area (TPSA) is 105 Å². The van der Waals surface area contributed by atoms with Gasteiger partial charge in [-0.1, -0.05) is 12.1 Å². The lowest BCUT2D eigenvalue weighted by Crippen LogP contribution is -2.42. The van der Waals surface area contributed by atoms with Crippen molar-refractivity contribution in [2.75, 3.05) is 13.2 Å². The summed E-state index contributed by atoms with van der Waals surface area (Å²) in [5.74, 6) is -0.923. The van der Waals surface area contributed by atoms with Gasteiger partial charge in [0, 0.05) is 18.5 Å². The Morgan fingerprint density at radius 2 is 1.55 bits per heavy atom. The van der Waals surface area contributed by atoms with Gasteiger partial charge in [-0.05, 0) is 49.7 Å². The van der Waals surface area contributed by atoms with Gasteiger partial charge in [-0.15, -0.1) is 0 Å². The van der Waals surface area contributed by atoms with Crippen molar-refractivity contribution in [3.05, 3.63) is 65.2 Å². The van der Waals surface area contributed by atoms with Gasteiger partial charge in [0.05, 0.1) is 17.7 Å². The van der Waals surface area contributed by atoms with Crippen molar-refractivity contribution in [1.82, 2.24) is 15.8 Å². The van der Waals surface area contributed by atoms with Gasteiger partial charge in [0.25, 0.3) is 17.7 Å². The number of imide groups is 1. The summed E-state index contributed by atoms with van der Waals surface area (Å²) in [5, 5.41) is 0. The highest BCUT2D eigenvalue weighted by Gasteiger charge is 2.34. The molecule has 4 amide bonds. The van der Waals surface area contributed by atoms with Crippen LogP contribution in [0.4, 0.5) is 0 Å². The van der Waals surface area contributed by atoms with Crippen LogP contribution in [-0.2, 0) is 4.79 Å². The maximum atomic E-state index is 12.3. The lowest BCUT2D eigenvalue weighted by molar-refractivity contribution is -0.122. The van der Waals surface area contributed by atoms with Gasteiger partial charge < -0.3 is 4.74 Å². The second-order valence-corrected chi connectivity index (χ2v) is 6.37. The van der Waals surface area contributed by atoms with Crippen LogP contribution < -0.4 is 15.6 Å². The number of benzene rings is 2. The smallest absolute Gasteiger partial charge is 0.269 e. The molecule has 1 aliphatic rings. The molecule has 2 aromatic rings. The van der Waals surface area contributed by atoms with Crippen molar-refractivity contribution >= 4 is 23.6 Å². The number of hydrogen-bond donors (Lipinski definition) is 2. The number of fused-ring (bicyclic) bond motifs is 1. The van der Waals surface area contributed by atoms with Gasteiger partial charge in [0.15, 0.2) is 0 Å². The van der Waals surface area contributed by atoms with Crippen LogP contribution in [0.25, 0.3) is 0 Å². The quantitative estimate of drug-likeness (QED) is 0.551. The van der Waals surface area contributed by atoms with E-state index in [2.05, 4.69) is 10.9 Å². The summed E-state index contributed by atoms with van der Waals surface area (Å²) in [6.07, 6.45) is 0.340. The van der Waals surface area contributed by atoms with Crippen molar-refractivity contribution in [2.24, 2.45) is 0 Å². The highest BCUT2D eigenvalue weighted by molar-refractivity contribution is 6.21. The summed E-state index contributed by atoms with van der Waals surface area (Å²) in [6.45, 7) is 2.53. The molecule has 3 rings (SSSR count). The molecule has 2 N–H and O–H groups in total. The average Bonchev–Trinajstić information content (AvgIpc) is 2.98. The van der Waals surface area contributed by atoms with E-state index in [1.54, 1.807) is 48.5 Å². The minimum atomic E-state index is -0.457. The molecule has 0 aromatic heterocycles. The van der Waals surface area contributed by atoms with E-state index >= 15 is 0 Å². The first-order valence-corrected chi connectivity index (χ1v) is 9.28. The van der Waals surface area contributed by atoms with Crippen LogP contribution in [0.5, 0.6) is 5.75 Å². The molecule has 8 nitrogen and oxygen atoms in total. The number of carbonyl (C=O) groups is 4. The Labute approximate surface area is 167 Å². The molecule has 8 heteroatoms. The van der Waals surface area contributed by atoms with E-state index < -0.39 is 11.8 Å². The first-order chi connectivity index (χ1) is 14.0. The molecular formula is C21H21N3O5. The molecule has 0 aliphatic carbocycles. The Kier molecular flexibility index (Phi) is 6.23. The standard InChI is InChI=1S/C21H21N3O5/c1-2-29-15-11-9-14(10-12-15)19(26)23-22-18(25)8-5-13-24-20(27)16-6-3-4-7-17(16)21(24)28/h3-4,6-7,9-12H,2,5,8,13H2,1H3,(H,22,25)(H,23,26). The number of amides is 4. The van der Waals surface area contributed by atoms with Crippen molar-refractivity contribution in [3.8, 4) is 5.75 Å². The molecule has 0 saturated carbocycles. The number of ether oxygens (including phenoxy) is 1. The van der Waals surface area contributed by atoms with E-state index in [4.69, 9.17) is 4.74 Å². The summed E-state index contributed by atoms with van der Waals surface area (Å²) in [6, 6.07) is 13.1. The third-order valence-electron chi connectivity index (χ3n) is 4.41. The fraction of sp³-hybridized carbons (Fsp3) is 0.238. The maximum Gasteiger partial charge on any atom is 0.269 e. The second kappa shape index (κ2) is 9.01. The third kappa shape index (κ3) is 4.60. The van der Waals surface area contributed by atoms with Crippen molar-refractivity contribution in [1.29, 1.82) is 0 Å². The maximum absolute atomic E-state index is 12.3. The summed E-state index contributed by atoms with van der Waals surface area (Å²) < 4.78 is 5.31. The zero-order valence-electron chi connectivity index (χ0n) is 15.9. The van der Waals surface area contributed by atoms with Crippen molar-refractivity contribution in [3.63, 3.8) is 0 Å². The van der Waals surface area contributed by atoms with Crippen LogP contribution in [0.15, 0.2) is 48.5 Å². The minimum Gasteiger partial charge on any atom is -0.494 e. The average molecular weight is 395 g/mol. The first-order valence-electron chi connectivity index (χ1n) is 9.28. The van der Waals surface area contributed by atoms with Crippen molar-refractivity contribution in [2.45, 2.75) is 19.8 Å². The lowest BCUT2D eigenvalue weighted by atomic mass is 10.1. The largest absolute Gasteiger partial charge is 0.494 e. The molecule has 1 aliphatic heterocycles. The monoisotopic (exact) mass is 395 g/mol. The summed E-state index contributed by atoms with van der Waals surface area (Å²) >= 11 is 0. The fourth-order valence-corrected chi connectivity index (χ4v) is 2.97. The molecule has 0 unspecified atom stereocenters.